The highest BCUT2D eigenvalue weighted by Gasteiger charge is 2.20. The zero-order valence-corrected chi connectivity index (χ0v) is 13.5. The van der Waals surface area contributed by atoms with Crippen molar-refractivity contribution >= 4 is 29.4 Å². The highest BCUT2D eigenvalue weighted by molar-refractivity contribution is 7.99. The molecule has 0 aromatic heterocycles. The molecule has 0 N–H and O–H groups in total. The van der Waals surface area contributed by atoms with Crippen molar-refractivity contribution < 1.29 is 4.79 Å². The van der Waals surface area contributed by atoms with Crippen LogP contribution < -0.4 is 4.90 Å². The number of hydrogen-bond donors (Lipinski definition) is 0. The van der Waals surface area contributed by atoms with E-state index in [1.807, 2.05) is 24.3 Å². The number of fused-ring (bicyclic) bond motifs is 2. The Balaban J connectivity index is 1.76. The molecule has 2 nitrogen and oxygen atoms in total. The SMILES string of the molecule is CN1c2ccccc2Sc2cc(-c3ccc(C=O)cc3)ccc21. The molecule has 0 radical (unpaired) electrons. The van der Waals surface area contributed by atoms with Crippen molar-refractivity contribution in [2.45, 2.75) is 9.79 Å². The topological polar surface area (TPSA) is 20.3 Å². The van der Waals surface area contributed by atoms with Gasteiger partial charge in [0.15, 0.2) is 0 Å². The Morgan fingerprint density at radius 3 is 2.30 bits per heavy atom. The number of aldehydes is 1. The zero-order chi connectivity index (χ0) is 15.8. The molecule has 0 atom stereocenters. The van der Waals surface area contributed by atoms with Crippen LogP contribution in [0.3, 0.4) is 0 Å². The lowest BCUT2D eigenvalue weighted by atomic mass is 10.0. The lowest BCUT2D eigenvalue weighted by molar-refractivity contribution is 0.112. The standard InChI is InChI=1S/C20H15NOS/c1-21-17-4-2-3-5-19(17)23-20-12-16(10-11-18(20)21)15-8-6-14(13-22)7-9-15/h2-13H,1H3. The minimum atomic E-state index is 0.703. The van der Waals surface area contributed by atoms with Gasteiger partial charge in [-0.1, -0.05) is 54.2 Å². The molecule has 3 aromatic carbocycles. The second kappa shape index (κ2) is 5.60. The van der Waals surface area contributed by atoms with Gasteiger partial charge in [0, 0.05) is 22.4 Å². The quantitative estimate of drug-likeness (QED) is 0.590. The Labute approximate surface area is 139 Å². The van der Waals surface area contributed by atoms with Crippen molar-refractivity contribution in [2.75, 3.05) is 11.9 Å². The third kappa shape index (κ3) is 2.43. The van der Waals surface area contributed by atoms with Crippen molar-refractivity contribution in [2.24, 2.45) is 0 Å². The number of carbonyl (C=O) groups is 1. The fourth-order valence-electron chi connectivity index (χ4n) is 2.88. The van der Waals surface area contributed by atoms with Crippen LogP contribution in [-0.4, -0.2) is 13.3 Å². The highest BCUT2D eigenvalue weighted by atomic mass is 32.2. The van der Waals surface area contributed by atoms with Crippen LogP contribution in [0.4, 0.5) is 11.4 Å². The summed E-state index contributed by atoms with van der Waals surface area (Å²) in [5.74, 6) is 0. The monoisotopic (exact) mass is 317 g/mol. The van der Waals surface area contributed by atoms with E-state index in [-0.39, 0.29) is 0 Å². The van der Waals surface area contributed by atoms with Crippen molar-refractivity contribution in [3.63, 3.8) is 0 Å². The fourth-order valence-corrected chi connectivity index (χ4v) is 4.06. The van der Waals surface area contributed by atoms with E-state index in [4.69, 9.17) is 0 Å². The Hall–Kier alpha value is -2.52. The molecule has 3 heteroatoms. The van der Waals surface area contributed by atoms with E-state index < -0.39 is 0 Å². The van der Waals surface area contributed by atoms with E-state index in [0.717, 1.165) is 11.8 Å². The number of anilines is 2. The number of rotatable bonds is 2. The van der Waals surface area contributed by atoms with Crippen LogP contribution >= 0.6 is 11.8 Å². The van der Waals surface area contributed by atoms with Crippen LogP contribution in [0.25, 0.3) is 11.1 Å². The van der Waals surface area contributed by atoms with E-state index in [9.17, 15) is 4.79 Å². The molecule has 0 fully saturated rings. The van der Waals surface area contributed by atoms with Crippen molar-refractivity contribution in [1.82, 2.24) is 0 Å². The molecule has 0 aliphatic carbocycles. The molecule has 0 bridgehead atoms. The molecule has 0 amide bonds. The molecule has 1 aliphatic rings. The van der Waals surface area contributed by atoms with Crippen LogP contribution in [0.2, 0.25) is 0 Å². The third-order valence-corrected chi connectivity index (χ3v) is 5.26. The van der Waals surface area contributed by atoms with Gasteiger partial charge in [0.1, 0.15) is 6.29 Å². The van der Waals surface area contributed by atoms with Gasteiger partial charge < -0.3 is 4.90 Å². The van der Waals surface area contributed by atoms with E-state index in [1.165, 1.54) is 26.7 Å². The van der Waals surface area contributed by atoms with E-state index in [1.54, 1.807) is 11.8 Å². The summed E-state index contributed by atoms with van der Waals surface area (Å²) in [7, 11) is 2.11. The van der Waals surface area contributed by atoms with Gasteiger partial charge in [0.05, 0.1) is 11.4 Å². The third-order valence-electron chi connectivity index (χ3n) is 4.15. The first-order chi connectivity index (χ1) is 11.3. The second-order valence-corrected chi connectivity index (χ2v) is 6.63. The lowest BCUT2D eigenvalue weighted by Crippen LogP contribution is -2.14. The first kappa shape index (κ1) is 14.1. The van der Waals surface area contributed by atoms with Crippen molar-refractivity contribution in [1.29, 1.82) is 0 Å². The summed E-state index contributed by atoms with van der Waals surface area (Å²) in [5, 5.41) is 0. The summed E-state index contributed by atoms with van der Waals surface area (Å²) in [6.07, 6.45) is 0.873. The summed E-state index contributed by atoms with van der Waals surface area (Å²) < 4.78 is 0. The molecule has 1 heterocycles. The molecular weight excluding hydrogens is 302 g/mol. The van der Waals surface area contributed by atoms with Gasteiger partial charge >= 0.3 is 0 Å². The molecule has 0 unspecified atom stereocenters. The van der Waals surface area contributed by atoms with Crippen molar-refractivity contribution in [3.05, 3.63) is 72.3 Å². The molecular formula is C20H15NOS. The largest absolute Gasteiger partial charge is 0.343 e. The maximum atomic E-state index is 10.8. The first-order valence-electron chi connectivity index (χ1n) is 7.46. The molecule has 4 rings (SSSR count). The minimum absolute atomic E-state index is 0.703. The van der Waals surface area contributed by atoms with Crippen LogP contribution in [0.1, 0.15) is 10.4 Å². The Bertz CT molecular complexity index is 886. The molecule has 3 aromatic rings. The van der Waals surface area contributed by atoms with Gasteiger partial charge in [-0.25, -0.2) is 0 Å². The Morgan fingerprint density at radius 2 is 1.52 bits per heavy atom. The fraction of sp³-hybridized carbons (Fsp3) is 0.0500. The van der Waals surface area contributed by atoms with Crippen LogP contribution in [-0.2, 0) is 0 Å². The van der Waals surface area contributed by atoms with Crippen LogP contribution in [0, 0.1) is 0 Å². The van der Waals surface area contributed by atoms with Gasteiger partial charge in [-0.2, -0.15) is 0 Å². The number of carbonyl (C=O) groups excluding carboxylic acids is 1. The van der Waals surface area contributed by atoms with Gasteiger partial charge in [-0.05, 0) is 35.4 Å². The summed E-state index contributed by atoms with van der Waals surface area (Å²) in [5.41, 5.74) is 5.46. The number of benzene rings is 3. The Morgan fingerprint density at radius 1 is 0.826 bits per heavy atom. The molecule has 112 valence electrons. The lowest BCUT2D eigenvalue weighted by Gasteiger charge is -2.29. The number of nitrogens with zero attached hydrogens (tertiary/aromatic N) is 1. The van der Waals surface area contributed by atoms with E-state index in [0.29, 0.717) is 5.56 Å². The second-order valence-electron chi connectivity index (χ2n) is 5.55. The number of hydrogen-bond acceptors (Lipinski definition) is 3. The molecule has 0 spiro atoms. The normalized spacial score (nSPS) is 12.5. The van der Waals surface area contributed by atoms with Crippen molar-refractivity contribution in [3.8, 4) is 11.1 Å². The van der Waals surface area contributed by atoms with E-state index >= 15 is 0 Å². The van der Waals surface area contributed by atoms with Gasteiger partial charge in [0.2, 0.25) is 0 Å². The van der Waals surface area contributed by atoms with Crippen LogP contribution in [0.15, 0.2) is 76.5 Å². The average molecular weight is 317 g/mol. The van der Waals surface area contributed by atoms with Gasteiger partial charge in [-0.3, -0.25) is 4.79 Å². The van der Waals surface area contributed by atoms with Gasteiger partial charge in [0.25, 0.3) is 0 Å². The summed E-state index contributed by atoms with van der Waals surface area (Å²) in [4.78, 5) is 15.6. The molecule has 0 saturated heterocycles. The number of para-hydroxylation sites is 1. The molecule has 1 aliphatic heterocycles. The maximum absolute atomic E-state index is 10.8. The zero-order valence-electron chi connectivity index (χ0n) is 12.7. The molecule has 0 saturated carbocycles. The summed E-state index contributed by atoms with van der Waals surface area (Å²) in [6, 6.07) is 22.7. The molecule has 23 heavy (non-hydrogen) atoms. The summed E-state index contributed by atoms with van der Waals surface area (Å²) in [6.45, 7) is 0. The van der Waals surface area contributed by atoms with E-state index in [2.05, 4.69) is 54.4 Å². The van der Waals surface area contributed by atoms with Gasteiger partial charge in [-0.15, -0.1) is 0 Å². The van der Waals surface area contributed by atoms with Crippen LogP contribution in [0.5, 0.6) is 0 Å². The average Bonchev–Trinajstić information content (AvgIpc) is 2.61. The maximum Gasteiger partial charge on any atom is 0.150 e. The smallest absolute Gasteiger partial charge is 0.150 e. The minimum Gasteiger partial charge on any atom is -0.343 e. The Kier molecular flexibility index (Phi) is 3.43. The predicted octanol–water partition coefficient (Wildman–Crippen LogP) is 5.40. The highest BCUT2D eigenvalue weighted by Crippen LogP contribution is 2.48. The summed E-state index contributed by atoms with van der Waals surface area (Å²) >= 11 is 1.80. The predicted molar refractivity (Wildman–Crippen MR) is 95.9 cm³/mol. The first-order valence-corrected chi connectivity index (χ1v) is 8.28.